The van der Waals surface area contributed by atoms with Crippen LogP contribution in [0.1, 0.15) is 57.6 Å². The zero-order chi connectivity index (χ0) is 20.7. The number of rotatable bonds is 5. The molecular weight excluding hydrogens is 368 g/mol. The first kappa shape index (κ1) is 19.0. The summed E-state index contributed by atoms with van der Waals surface area (Å²) in [7, 11) is 0. The van der Waals surface area contributed by atoms with Crippen LogP contribution < -0.4 is 0 Å². The highest BCUT2D eigenvalue weighted by Gasteiger charge is 2.48. The van der Waals surface area contributed by atoms with E-state index in [0.29, 0.717) is 6.42 Å². The normalized spacial score (nSPS) is 21.8. The predicted octanol–water partition coefficient (Wildman–Crippen LogP) is 5.74. The summed E-state index contributed by atoms with van der Waals surface area (Å²) in [5, 5.41) is 11.6. The van der Waals surface area contributed by atoms with Gasteiger partial charge in [-0.15, -0.1) is 0 Å². The maximum Gasteiger partial charge on any atom is 0.162 e. The summed E-state index contributed by atoms with van der Waals surface area (Å²) in [6.07, 6.45) is 4.74. The molecule has 0 saturated carbocycles. The number of carbonyl (C=O) groups is 1. The Morgan fingerprint density at radius 2 is 1.67 bits per heavy atom. The Morgan fingerprint density at radius 1 is 0.967 bits per heavy atom. The molecule has 2 aliphatic rings. The number of benzene rings is 3. The summed E-state index contributed by atoms with van der Waals surface area (Å²) in [5.41, 5.74) is 7.74. The molecule has 1 N–H and O–H groups in total. The van der Waals surface area contributed by atoms with Crippen LogP contribution in [0.5, 0.6) is 0 Å². The fourth-order valence-electron chi connectivity index (χ4n) is 5.23. The molecule has 0 aromatic heterocycles. The highest BCUT2D eigenvalue weighted by Crippen LogP contribution is 2.54. The maximum atomic E-state index is 12.0. The summed E-state index contributed by atoms with van der Waals surface area (Å²) in [5.74, 6) is 0.165. The Bertz CT molecular complexity index is 1140. The van der Waals surface area contributed by atoms with Crippen molar-refractivity contribution in [3.8, 4) is 0 Å². The van der Waals surface area contributed by atoms with Gasteiger partial charge in [0, 0.05) is 17.4 Å². The number of hydrogen-bond donors (Lipinski definition) is 1. The minimum absolute atomic E-state index is 0.165. The predicted molar refractivity (Wildman–Crippen MR) is 120 cm³/mol. The van der Waals surface area contributed by atoms with E-state index in [0.717, 1.165) is 36.0 Å². The second-order valence-corrected chi connectivity index (χ2v) is 8.63. The molecule has 30 heavy (non-hydrogen) atoms. The molecule has 2 aliphatic carbocycles. The molecule has 0 aliphatic heterocycles. The fourth-order valence-corrected chi connectivity index (χ4v) is 5.23. The molecule has 0 unspecified atom stereocenters. The molecule has 2 heteroatoms. The number of aliphatic hydroxyl groups is 1. The Labute approximate surface area is 177 Å². The van der Waals surface area contributed by atoms with E-state index in [1.807, 2.05) is 25.1 Å². The number of Topliss-reactive ketones (excluding diaryl/α,β-unsaturated/α-hetero) is 1. The lowest BCUT2D eigenvalue weighted by atomic mass is 9.70. The van der Waals surface area contributed by atoms with E-state index in [9.17, 15) is 9.90 Å². The SMILES string of the molecule is CCC(=O)c1ccc(C[C@@]2(C3=Cc4ccccc4C3)Cc3ccccc3[C@H]2O)cc1. The van der Waals surface area contributed by atoms with E-state index in [1.54, 1.807) is 0 Å². The van der Waals surface area contributed by atoms with Crippen molar-refractivity contribution in [1.82, 2.24) is 0 Å². The monoisotopic (exact) mass is 394 g/mol. The Kier molecular flexibility index (Phi) is 4.67. The van der Waals surface area contributed by atoms with Gasteiger partial charge in [-0.3, -0.25) is 4.79 Å². The van der Waals surface area contributed by atoms with Gasteiger partial charge in [0.1, 0.15) is 0 Å². The molecule has 0 bridgehead atoms. The van der Waals surface area contributed by atoms with E-state index in [2.05, 4.69) is 60.7 Å². The van der Waals surface area contributed by atoms with Gasteiger partial charge in [-0.1, -0.05) is 91.4 Å². The van der Waals surface area contributed by atoms with Gasteiger partial charge < -0.3 is 5.11 Å². The quantitative estimate of drug-likeness (QED) is 0.561. The molecule has 0 radical (unpaired) electrons. The number of fused-ring (bicyclic) bond motifs is 2. The topological polar surface area (TPSA) is 37.3 Å². The summed E-state index contributed by atoms with van der Waals surface area (Å²) in [6, 6.07) is 24.8. The molecule has 5 rings (SSSR count). The first-order valence-electron chi connectivity index (χ1n) is 10.8. The van der Waals surface area contributed by atoms with Crippen molar-refractivity contribution in [1.29, 1.82) is 0 Å². The molecule has 0 fully saturated rings. The number of ketones is 1. The molecule has 2 atom stereocenters. The van der Waals surface area contributed by atoms with E-state index >= 15 is 0 Å². The molecule has 0 heterocycles. The summed E-state index contributed by atoms with van der Waals surface area (Å²) in [4.78, 5) is 12.0. The third-order valence-electron chi connectivity index (χ3n) is 6.90. The van der Waals surface area contributed by atoms with Crippen LogP contribution in [0.4, 0.5) is 0 Å². The van der Waals surface area contributed by atoms with Crippen LogP contribution in [0.2, 0.25) is 0 Å². The van der Waals surface area contributed by atoms with Crippen molar-refractivity contribution >= 4 is 11.9 Å². The van der Waals surface area contributed by atoms with Gasteiger partial charge in [0.2, 0.25) is 0 Å². The van der Waals surface area contributed by atoms with E-state index in [1.165, 1.54) is 22.3 Å². The van der Waals surface area contributed by atoms with Gasteiger partial charge >= 0.3 is 0 Å². The first-order chi connectivity index (χ1) is 14.6. The molecule has 0 amide bonds. The third kappa shape index (κ3) is 3.03. The summed E-state index contributed by atoms with van der Waals surface area (Å²) >= 11 is 0. The van der Waals surface area contributed by atoms with Crippen molar-refractivity contribution in [2.75, 3.05) is 0 Å². The van der Waals surface area contributed by atoms with Gasteiger partial charge in [-0.2, -0.15) is 0 Å². The minimum Gasteiger partial charge on any atom is -0.387 e. The van der Waals surface area contributed by atoms with Gasteiger partial charge in [-0.25, -0.2) is 0 Å². The smallest absolute Gasteiger partial charge is 0.162 e. The second kappa shape index (κ2) is 7.37. The fraction of sp³-hybridized carbons (Fsp3) is 0.250. The average Bonchev–Trinajstić information content (AvgIpc) is 3.34. The van der Waals surface area contributed by atoms with Gasteiger partial charge in [0.05, 0.1) is 6.10 Å². The van der Waals surface area contributed by atoms with Crippen LogP contribution in [0, 0.1) is 5.41 Å². The lowest BCUT2D eigenvalue weighted by Crippen LogP contribution is -2.31. The molecule has 3 aromatic carbocycles. The Balaban J connectivity index is 1.55. The summed E-state index contributed by atoms with van der Waals surface area (Å²) in [6.45, 7) is 1.89. The van der Waals surface area contributed by atoms with Gasteiger partial charge in [-0.05, 0) is 47.1 Å². The third-order valence-corrected chi connectivity index (χ3v) is 6.90. The number of aliphatic hydroxyl groups excluding tert-OH is 1. The van der Waals surface area contributed by atoms with E-state index in [-0.39, 0.29) is 11.2 Å². The summed E-state index contributed by atoms with van der Waals surface area (Å²) < 4.78 is 0. The van der Waals surface area contributed by atoms with Crippen molar-refractivity contribution in [2.45, 2.75) is 38.7 Å². The molecule has 0 spiro atoms. The van der Waals surface area contributed by atoms with Crippen LogP contribution in [0.15, 0.2) is 78.4 Å². The lowest BCUT2D eigenvalue weighted by Gasteiger charge is -2.35. The van der Waals surface area contributed by atoms with Crippen molar-refractivity contribution < 1.29 is 9.90 Å². The van der Waals surface area contributed by atoms with E-state index in [4.69, 9.17) is 0 Å². The van der Waals surface area contributed by atoms with Crippen molar-refractivity contribution in [3.63, 3.8) is 0 Å². The largest absolute Gasteiger partial charge is 0.387 e. The molecule has 2 nitrogen and oxygen atoms in total. The van der Waals surface area contributed by atoms with Crippen LogP contribution in [-0.4, -0.2) is 10.9 Å². The number of hydrogen-bond acceptors (Lipinski definition) is 2. The highest BCUT2D eigenvalue weighted by molar-refractivity contribution is 5.95. The number of carbonyl (C=O) groups excluding carboxylic acids is 1. The molecule has 150 valence electrons. The molecular formula is C28H26O2. The van der Waals surface area contributed by atoms with Crippen LogP contribution in [-0.2, 0) is 19.3 Å². The van der Waals surface area contributed by atoms with Crippen molar-refractivity contribution in [3.05, 3.63) is 112 Å². The van der Waals surface area contributed by atoms with Crippen LogP contribution >= 0.6 is 0 Å². The van der Waals surface area contributed by atoms with Crippen molar-refractivity contribution in [2.24, 2.45) is 5.41 Å². The molecule has 0 saturated heterocycles. The van der Waals surface area contributed by atoms with Crippen LogP contribution in [0.25, 0.3) is 6.08 Å². The standard InChI is InChI=1S/C28H26O2/c1-2-26(29)20-13-11-19(12-14-20)17-28(18-23-9-5-6-10-25(23)27(28)30)24-15-21-7-3-4-8-22(21)16-24/h3-15,27,30H,2,16-18H2,1H3/t27-,28+/m1/s1. The first-order valence-corrected chi connectivity index (χ1v) is 10.8. The lowest BCUT2D eigenvalue weighted by molar-refractivity contribution is 0.0651. The second-order valence-electron chi connectivity index (χ2n) is 8.63. The van der Waals surface area contributed by atoms with Gasteiger partial charge in [0.25, 0.3) is 0 Å². The zero-order valence-electron chi connectivity index (χ0n) is 17.3. The highest BCUT2D eigenvalue weighted by atomic mass is 16.3. The molecule has 3 aromatic rings. The minimum atomic E-state index is -0.536. The average molecular weight is 395 g/mol. The van der Waals surface area contributed by atoms with Crippen LogP contribution in [0.3, 0.4) is 0 Å². The Hall–Kier alpha value is -2.97. The zero-order valence-corrected chi connectivity index (χ0v) is 17.3. The Morgan fingerprint density at radius 3 is 2.37 bits per heavy atom. The maximum absolute atomic E-state index is 12.0. The van der Waals surface area contributed by atoms with E-state index < -0.39 is 6.10 Å². The van der Waals surface area contributed by atoms with Gasteiger partial charge in [0.15, 0.2) is 5.78 Å².